The second-order valence-electron chi connectivity index (χ2n) is 5.51. The summed E-state index contributed by atoms with van der Waals surface area (Å²) >= 11 is 6.66. The zero-order valence-electron chi connectivity index (χ0n) is 10.2. The topological polar surface area (TPSA) is 9.23 Å². The van der Waals surface area contributed by atoms with Crippen molar-refractivity contribution in [2.75, 3.05) is 7.11 Å². The fourth-order valence-corrected chi connectivity index (χ4v) is 4.14. The van der Waals surface area contributed by atoms with Crippen LogP contribution in [0, 0.1) is 17.8 Å². The molecule has 0 aliphatic heterocycles. The van der Waals surface area contributed by atoms with Crippen molar-refractivity contribution in [3.63, 3.8) is 0 Å². The summed E-state index contributed by atoms with van der Waals surface area (Å²) in [4.78, 5) is 0. The summed E-state index contributed by atoms with van der Waals surface area (Å²) < 4.78 is 5.18. The molecular weight excluding hydrogens is 232 g/mol. The molecule has 0 heterocycles. The summed E-state index contributed by atoms with van der Waals surface area (Å²) in [5.41, 5.74) is 1.25. The Kier molecular flexibility index (Phi) is 3.04. The third kappa shape index (κ3) is 2.06. The molecule has 2 fully saturated rings. The van der Waals surface area contributed by atoms with E-state index < -0.39 is 0 Å². The molecule has 17 heavy (non-hydrogen) atoms. The number of rotatable bonds is 3. The molecule has 2 heteroatoms. The Labute approximate surface area is 108 Å². The summed E-state index contributed by atoms with van der Waals surface area (Å²) in [6.45, 7) is 0. The van der Waals surface area contributed by atoms with Crippen LogP contribution in [-0.4, -0.2) is 7.11 Å². The number of benzene rings is 1. The van der Waals surface area contributed by atoms with Crippen LogP contribution in [0.3, 0.4) is 0 Å². The molecule has 1 nitrogen and oxygen atoms in total. The molecule has 0 radical (unpaired) electrons. The number of methoxy groups -OCH3 is 1. The van der Waals surface area contributed by atoms with Crippen LogP contribution in [0.15, 0.2) is 24.3 Å². The van der Waals surface area contributed by atoms with Crippen molar-refractivity contribution in [3.05, 3.63) is 29.8 Å². The first-order valence-electron chi connectivity index (χ1n) is 6.56. The minimum Gasteiger partial charge on any atom is -0.497 e. The van der Waals surface area contributed by atoms with Crippen LogP contribution in [0.4, 0.5) is 0 Å². The first-order valence-corrected chi connectivity index (χ1v) is 6.99. The predicted octanol–water partition coefficient (Wildman–Crippen LogP) is 4.41. The van der Waals surface area contributed by atoms with E-state index in [0.717, 1.165) is 17.6 Å². The molecule has 4 atom stereocenters. The SMILES string of the molecule is COc1ccc(C(Cl)C2CC3CCC2C3)cc1. The van der Waals surface area contributed by atoms with E-state index in [-0.39, 0.29) is 5.38 Å². The highest BCUT2D eigenvalue weighted by Crippen LogP contribution is 2.54. The van der Waals surface area contributed by atoms with E-state index in [0.29, 0.717) is 5.92 Å². The van der Waals surface area contributed by atoms with Gasteiger partial charge in [0.05, 0.1) is 12.5 Å². The minimum atomic E-state index is 0.191. The number of alkyl halides is 1. The zero-order valence-corrected chi connectivity index (χ0v) is 11.0. The van der Waals surface area contributed by atoms with E-state index in [2.05, 4.69) is 12.1 Å². The number of hydrogen-bond acceptors (Lipinski definition) is 1. The van der Waals surface area contributed by atoms with Gasteiger partial charge in [0.1, 0.15) is 5.75 Å². The predicted molar refractivity (Wildman–Crippen MR) is 70.5 cm³/mol. The molecule has 3 rings (SSSR count). The second-order valence-corrected chi connectivity index (χ2v) is 5.98. The highest BCUT2D eigenvalue weighted by molar-refractivity contribution is 6.21. The molecule has 2 bridgehead atoms. The monoisotopic (exact) mass is 250 g/mol. The molecule has 92 valence electrons. The van der Waals surface area contributed by atoms with Gasteiger partial charge >= 0.3 is 0 Å². The molecular formula is C15H19ClO. The van der Waals surface area contributed by atoms with E-state index in [4.69, 9.17) is 16.3 Å². The molecule has 0 aromatic heterocycles. The molecule has 1 aromatic carbocycles. The van der Waals surface area contributed by atoms with E-state index in [1.807, 2.05) is 12.1 Å². The van der Waals surface area contributed by atoms with Crippen LogP contribution in [0.1, 0.15) is 36.6 Å². The van der Waals surface area contributed by atoms with E-state index in [1.54, 1.807) is 7.11 Å². The Balaban J connectivity index is 1.74. The van der Waals surface area contributed by atoms with E-state index in [1.165, 1.54) is 31.2 Å². The molecule has 2 saturated carbocycles. The zero-order chi connectivity index (χ0) is 11.8. The van der Waals surface area contributed by atoms with Crippen molar-refractivity contribution < 1.29 is 4.74 Å². The van der Waals surface area contributed by atoms with Gasteiger partial charge in [-0.3, -0.25) is 0 Å². The van der Waals surface area contributed by atoms with Crippen molar-refractivity contribution in [2.24, 2.45) is 17.8 Å². The molecule has 0 saturated heterocycles. The highest BCUT2D eigenvalue weighted by atomic mass is 35.5. The van der Waals surface area contributed by atoms with Crippen molar-refractivity contribution in [3.8, 4) is 5.75 Å². The van der Waals surface area contributed by atoms with Gasteiger partial charge in [0, 0.05) is 0 Å². The Hall–Kier alpha value is -0.690. The van der Waals surface area contributed by atoms with Crippen LogP contribution in [-0.2, 0) is 0 Å². The Bertz CT molecular complexity index is 386. The summed E-state index contributed by atoms with van der Waals surface area (Å²) in [6, 6.07) is 8.25. The Morgan fingerprint density at radius 1 is 1.18 bits per heavy atom. The van der Waals surface area contributed by atoms with Crippen LogP contribution < -0.4 is 4.74 Å². The second kappa shape index (κ2) is 4.53. The maximum atomic E-state index is 6.66. The Morgan fingerprint density at radius 2 is 1.94 bits per heavy atom. The number of fused-ring (bicyclic) bond motifs is 2. The van der Waals surface area contributed by atoms with Crippen molar-refractivity contribution in [1.29, 1.82) is 0 Å². The maximum absolute atomic E-state index is 6.66. The average Bonchev–Trinajstić information content (AvgIpc) is 3.00. The van der Waals surface area contributed by atoms with Gasteiger partial charge in [-0.2, -0.15) is 0 Å². The standard InChI is InChI=1S/C15H19ClO/c1-17-13-6-4-11(5-7-13)15(16)14-9-10-2-3-12(14)8-10/h4-7,10,12,14-15H,2-3,8-9H2,1H3. The molecule has 1 aromatic rings. The molecule has 0 amide bonds. The van der Waals surface area contributed by atoms with Crippen molar-refractivity contribution in [2.45, 2.75) is 31.1 Å². The van der Waals surface area contributed by atoms with E-state index in [9.17, 15) is 0 Å². The molecule has 4 unspecified atom stereocenters. The molecule has 0 spiro atoms. The number of ether oxygens (including phenoxy) is 1. The molecule has 0 N–H and O–H groups in total. The van der Waals surface area contributed by atoms with Gasteiger partial charge in [-0.15, -0.1) is 11.6 Å². The van der Waals surface area contributed by atoms with E-state index >= 15 is 0 Å². The number of halogens is 1. The minimum absolute atomic E-state index is 0.191. The lowest BCUT2D eigenvalue weighted by atomic mass is 9.84. The van der Waals surface area contributed by atoms with Crippen LogP contribution in [0.25, 0.3) is 0 Å². The van der Waals surface area contributed by atoms with Gasteiger partial charge in [-0.05, 0) is 54.7 Å². The third-order valence-corrected chi connectivity index (χ3v) is 5.18. The highest BCUT2D eigenvalue weighted by Gasteiger charge is 2.42. The first-order chi connectivity index (χ1) is 8.28. The normalized spacial score (nSPS) is 32.7. The lowest BCUT2D eigenvalue weighted by Gasteiger charge is -2.26. The van der Waals surface area contributed by atoms with Gasteiger partial charge < -0.3 is 4.74 Å². The largest absolute Gasteiger partial charge is 0.497 e. The van der Waals surface area contributed by atoms with Crippen LogP contribution in [0.2, 0.25) is 0 Å². The van der Waals surface area contributed by atoms with Gasteiger partial charge in [0.2, 0.25) is 0 Å². The fourth-order valence-electron chi connectivity index (χ4n) is 3.69. The summed E-state index contributed by atoms with van der Waals surface area (Å²) in [5.74, 6) is 3.45. The molecule has 2 aliphatic rings. The lowest BCUT2D eigenvalue weighted by molar-refractivity contribution is 0.323. The Morgan fingerprint density at radius 3 is 2.47 bits per heavy atom. The third-order valence-electron chi connectivity index (χ3n) is 4.60. The number of hydrogen-bond donors (Lipinski definition) is 0. The van der Waals surface area contributed by atoms with Crippen LogP contribution in [0.5, 0.6) is 5.75 Å². The van der Waals surface area contributed by atoms with Crippen molar-refractivity contribution >= 4 is 11.6 Å². The van der Waals surface area contributed by atoms with Gasteiger partial charge in [0.15, 0.2) is 0 Å². The summed E-state index contributed by atoms with van der Waals surface area (Å²) in [7, 11) is 1.70. The maximum Gasteiger partial charge on any atom is 0.118 e. The van der Waals surface area contributed by atoms with Crippen LogP contribution >= 0.6 is 11.6 Å². The van der Waals surface area contributed by atoms with Crippen molar-refractivity contribution in [1.82, 2.24) is 0 Å². The fraction of sp³-hybridized carbons (Fsp3) is 0.600. The van der Waals surface area contributed by atoms with Gasteiger partial charge in [-0.1, -0.05) is 18.6 Å². The van der Waals surface area contributed by atoms with Gasteiger partial charge in [0.25, 0.3) is 0 Å². The summed E-state index contributed by atoms with van der Waals surface area (Å²) in [5, 5.41) is 0.191. The first kappa shape index (κ1) is 11.4. The van der Waals surface area contributed by atoms with Gasteiger partial charge in [-0.25, -0.2) is 0 Å². The quantitative estimate of drug-likeness (QED) is 0.722. The average molecular weight is 251 g/mol. The molecule has 2 aliphatic carbocycles. The summed E-state index contributed by atoms with van der Waals surface area (Å²) in [6.07, 6.45) is 5.59. The lowest BCUT2D eigenvalue weighted by Crippen LogP contribution is -2.15. The smallest absolute Gasteiger partial charge is 0.118 e.